The summed E-state index contributed by atoms with van der Waals surface area (Å²) < 4.78 is 52.4. The molecule has 0 spiro atoms. The number of hydrogen-bond acceptors (Lipinski definition) is 3. The molecule has 1 aliphatic heterocycles. The van der Waals surface area contributed by atoms with Crippen molar-refractivity contribution < 1.29 is 37.1 Å². The Morgan fingerprint density at radius 3 is 2.32 bits per heavy atom. The minimum Gasteiger partial charge on any atom is -0.480 e. The van der Waals surface area contributed by atoms with Crippen LogP contribution in [0.4, 0.5) is 17.6 Å². The zero-order chi connectivity index (χ0) is 16.7. The SMILES string of the molecule is O=C(O)CNC(=O)[C@@H]1C[C@@H](F)CN1C(=O)C1(C(F)(F)F)CC1. The van der Waals surface area contributed by atoms with Crippen LogP contribution in [0.25, 0.3) is 0 Å². The molecule has 0 aromatic rings. The van der Waals surface area contributed by atoms with Gasteiger partial charge in [-0.3, -0.25) is 14.4 Å². The fraction of sp³-hybridized carbons (Fsp3) is 0.750. The Balaban J connectivity index is 2.13. The predicted molar refractivity (Wildman–Crippen MR) is 63.4 cm³/mol. The van der Waals surface area contributed by atoms with Crippen LogP contribution >= 0.6 is 0 Å². The summed E-state index contributed by atoms with van der Waals surface area (Å²) in [6.07, 6.45) is -7.57. The molecule has 2 fully saturated rings. The van der Waals surface area contributed by atoms with Crippen molar-refractivity contribution in [3.8, 4) is 0 Å². The second kappa shape index (κ2) is 5.40. The number of carboxylic acids is 1. The molecule has 0 unspecified atom stereocenters. The number of halogens is 4. The highest BCUT2D eigenvalue weighted by Gasteiger charge is 2.70. The highest BCUT2D eigenvalue weighted by molar-refractivity contribution is 5.93. The minimum atomic E-state index is -4.75. The Kier molecular flexibility index (Phi) is 4.05. The van der Waals surface area contributed by atoms with Crippen LogP contribution in [0.3, 0.4) is 0 Å². The summed E-state index contributed by atoms with van der Waals surface area (Å²) in [5.41, 5.74) is -2.53. The second-order valence-electron chi connectivity index (χ2n) is 5.50. The lowest BCUT2D eigenvalue weighted by Gasteiger charge is -2.28. The van der Waals surface area contributed by atoms with E-state index in [1.807, 2.05) is 5.32 Å². The molecule has 1 heterocycles. The van der Waals surface area contributed by atoms with Crippen LogP contribution in [-0.2, 0) is 14.4 Å². The first-order chi connectivity index (χ1) is 10.1. The Morgan fingerprint density at radius 2 is 1.86 bits per heavy atom. The fourth-order valence-electron chi connectivity index (χ4n) is 2.56. The van der Waals surface area contributed by atoms with Crippen molar-refractivity contribution in [1.82, 2.24) is 10.2 Å². The first-order valence-corrected chi connectivity index (χ1v) is 6.60. The molecule has 1 aliphatic carbocycles. The number of alkyl halides is 4. The molecule has 0 radical (unpaired) electrons. The first kappa shape index (κ1) is 16.5. The third kappa shape index (κ3) is 2.86. The van der Waals surface area contributed by atoms with Gasteiger partial charge >= 0.3 is 12.1 Å². The molecule has 0 aromatic heterocycles. The average Bonchev–Trinajstić information content (AvgIpc) is 3.13. The largest absolute Gasteiger partial charge is 0.480 e. The van der Waals surface area contributed by atoms with Crippen LogP contribution in [0.2, 0.25) is 0 Å². The number of carbonyl (C=O) groups is 3. The van der Waals surface area contributed by atoms with E-state index < -0.39 is 61.1 Å². The Labute approximate surface area is 122 Å². The molecule has 2 aliphatic rings. The number of hydrogen-bond donors (Lipinski definition) is 2. The Hall–Kier alpha value is -1.87. The van der Waals surface area contributed by atoms with Gasteiger partial charge in [0.25, 0.3) is 0 Å². The zero-order valence-electron chi connectivity index (χ0n) is 11.3. The number of nitrogens with one attached hydrogen (secondary N) is 1. The molecule has 6 nitrogen and oxygen atoms in total. The molecule has 2 rings (SSSR count). The molecule has 1 saturated heterocycles. The number of carboxylic acid groups (broad SMARTS) is 1. The number of rotatable bonds is 4. The number of amides is 2. The maximum absolute atomic E-state index is 13.5. The summed E-state index contributed by atoms with van der Waals surface area (Å²) in [7, 11) is 0. The molecule has 2 atom stereocenters. The van der Waals surface area contributed by atoms with Gasteiger partial charge in [0, 0.05) is 6.42 Å². The van der Waals surface area contributed by atoms with Crippen molar-refractivity contribution in [3.05, 3.63) is 0 Å². The standard InChI is InChI=1S/C12H14F4N2O4/c13-6-3-7(9(21)17-4-8(19)20)18(5-6)10(22)11(1-2-11)12(14,15)16/h6-7H,1-5H2,(H,17,21)(H,19,20)/t6-,7+/m1/s1. The minimum absolute atomic E-state index is 0.383. The first-order valence-electron chi connectivity index (χ1n) is 6.60. The number of aliphatic carboxylic acids is 1. The van der Waals surface area contributed by atoms with Gasteiger partial charge in [-0.1, -0.05) is 0 Å². The highest BCUT2D eigenvalue weighted by atomic mass is 19.4. The fourth-order valence-corrected chi connectivity index (χ4v) is 2.56. The Bertz CT molecular complexity index is 504. The molecule has 22 heavy (non-hydrogen) atoms. The summed E-state index contributed by atoms with van der Waals surface area (Å²) in [4.78, 5) is 34.9. The molecular formula is C12H14F4N2O4. The van der Waals surface area contributed by atoms with E-state index >= 15 is 0 Å². The van der Waals surface area contributed by atoms with Crippen molar-refractivity contribution >= 4 is 17.8 Å². The van der Waals surface area contributed by atoms with E-state index in [0.717, 1.165) is 0 Å². The van der Waals surface area contributed by atoms with Gasteiger partial charge in [-0.15, -0.1) is 0 Å². The molecule has 124 valence electrons. The van der Waals surface area contributed by atoms with Crippen molar-refractivity contribution in [1.29, 1.82) is 0 Å². The maximum atomic E-state index is 13.5. The summed E-state index contributed by atoms with van der Waals surface area (Å²) in [5, 5.41) is 10.4. The maximum Gasteiger partial charge on any atom is 0.403 e. The molecule has 0 aromatic carbocycles. The van der Waals surface area contributed by atoms with E-state index in [2.05, 4.69) is 0 Å². The average molecular weight is 326 g/mol. The van der Waals surface area contributed by atoms with Gasteiger partial charge in [0.1, 0.15) is 24.2 Å². The van der Waals surface area contributed by atoms with E-state index in [0.29, 0.717) is 4.90 Å². The number of nitrogens with zero attached hydrogens (tertiary/aromatic N) is 1. The van der Waals surface area contributed by atoms with Crippen LogP contribution in [-0.4, -0.2) is 59.3 Å². The van der Waals surface area contributed by atoms with Crippen molar-refractivity contribution in [2.24, 2.45) is 5.41 Å². The van der Waals surface area contributed by atoms with E-state index in [1.54, 1.807) is 0 Å². The van der Waals surface area contributed by atoms with Crippen molar-refractivity contribution in [2.45, 2.75) is 37.7 Å². The number of likely N-dealkylation sites (tertiary alicyclic amines) is 1. The highest BCUT2D eigenvalue weighted by Crippen LogP contribution is 2.59. The van der Waals surface area contributed by atoms with E-state index in [-0.39, 0.29) is 12.8 Å². The Morgan fingerprint density at radius 1 is 1.27 bits per heavy atom. The third-order valence-corrected chi connectivity index (χ3v) is 3.93. The molecule has 0 bridgehead atoms. The lowest BCUT2D eigenvalue weighted by molar-refractivity contribution is -0.199. The molecule has 2 N–H and O–H groups in total. The van der Waals surface area contributed by atoms with E-state index in [4.69, 9.17) is 5.11 Å². The lowest BCUT2D eigenvalue weighted by atomic mass is 10.0. The molecular weight excluding hydrogens is 312 g/mol. The normalized spacial score (nSPS) is 26.6. The summed E-state index contributed by atoms with van der Waals surface area (Å²) in [5.74, 6) is -3.63. The van der Waals surface area contributed by atoms with Crippen molar-refractivity contribution in [3.63, 3.8) is 0 Å². The molecule has 10 heteroatoms. The lowest BCUT2D eigenvalue weighted by Crippen LogP contribution is -2.51. The number of carbonyl (C=O) groups excluding carboxylic acids is 2. The topological polar surface area (TPSA) is 86.7 Å². The molecule has 1 saturated carbocycles. The van der Waals surface area contributed by atoms with Crippen LogP contribution in [0.1, 0.15) is 19.3 Å². The summed E-state index contributed by atoms with van der Waals surface area (Å²) >= 11 is 0. The second-order valence-corrected chi connectivity index (χ2v) is 5.50. The van der Waals surface area contributed by atoms with Crippen LogP contribution in [0.15, 0.2) is 0 Å². The molecule has 2 amide bonds. The summed E-state index contributed by atoms with van der Waals surface area (Å²) in [6.45, 7) is -1.35. The van der Waals surface area contributed by atoms with Gasteiger partial charge < -0.3 is 15.3 Å². The van der Waals surface area contributed by atoms with Crippen molar-refractivity contribution in [2.75, 3.05) is 13.1 Å². The van der Waals surface area contributed by atoms with Gasteiger partial charge in [-0.2, -0.15) is 13.2 Å². The smallest absolute Gasteiger partial charge is 0.403 e. The van der Waals surface area contributed by atoms with Crippen LogP contribution in [0.5, 0.6) is 0 Å². The predicted octanol–water partition coefficient (Wildman–Crippen LogP) is 0.469. The van der Waals surface area contributed by atoms with Gasteiger partial charge in [-0.25, -0.2) is 4.39 Å². The zero-order valence-corrected chi connectivity index (χ0v) is 11.3. The van der Waals surface area contributed by atoms with Gasteiger partial charge in [0.2, 0.25) is 11.8 Å². The third-order valence-electron chi connectivity index (χ3n) is 3.93. The quantitative estimate of drug-likeness (QED) is 0.735. The van der Waals surface area contributed by atoms with E-state index in [1.165, 1.54) is 0 Å². The van der Waals surface area contributed by atoms with Gasteiger partial charge in [0.05, 0.1) is 6.54 Å². The van der Waals surface area contributed by atoms with E-state index in [9.17, 15) is 31.9 Å². The van der Waals surface area contributed by atoms with Gasteiger partial charge in [-0.05, 0) is 12.8 Å². The monoisotopic (exact) mass is 326 g/mol. The van der Waals surface area contributed by atoms with Gasteiger partial charge in [0.15, 0.2) is 0 Å². The summed E-state index contributed by atoms with van der Waals surface area (Å²) in [6, 6.07) is -1.42. The van der Waals surface area contributed by atoms with Crippen LogP contribution in [0, 0.1) is 5.41 Å². The van der Waals surface area contributed by atoms with Crippen LogP contribution < -0.4 is 5.32 Å².